The van der Waals surface area contributed by atoms with Gasteiger partial charge in [-0.3, -0.25) is 15.5 Å². The van der Waals surface area contributed by atoms with Gasteiger partial charge in [-0.1, -0.05) is 12.1 Å². The second-order valence-electron chi connectivity index (χ2n) is 12.3. The summed E-state index contributed by atoms with van der Waals surface area (Å²) in [4.78, 5) is 46.9. The third kappa shape index (κ3) is 9.02. The van der Waals surface area contributed by atoms with Crippen LogP contribution < -0.4 is 10.1 Å². The van der Waals surface area contributed by atoms with E-state index in [1.807, 2.05) is 57.3 Å². The van der Waals surface area contributed by atoms with E-state index in [-0.39, 0.29) is 24.4 Å². The van der Waals surface area contributed by atoms with Gasteiger partial charge in [-0.15, -0.1) is 22.7 Å². The number of carbonyl (C=O) groups is 3. The lowest BCUT2D eigenvalue weighted by Gasteiger charge is -2.35. The maximum atomic E-state index is 12.8. The number of thiazole rings is 1. The van der Waals surface area contributed by atoms with E-state index >= 15 is 0 Å². The molecule has 0 aliphatic carbocycles. The summed E-state index contributed by atoms with van der Waals surface area (Å²) < 4.78 is 16.5. The summed E-state index contributed by atoms with van der Waals surface area (Å²) >= 11 is 2.88. The lowest BCUT2D eigenvalue weighted by molar-refractivity contribution is -0.135. The normalized spacial score (nSPS) is 13.8. The Kier molecular flexibility index (Phi) is 9.99. The number of amides is 3. The van der Waals surface area contributed by atoms with Crippen molar-refractivity contribution in [3.63, 3.8) is 0 Å². The van der Waals surface area contributed by atoms with Gasteiger partial charge in [0.2, 0.25) is 0 Å². The number of amidine groups is 1. The van der Waals surface area contributed by atoms with Gasteiger partial charge in [-0.2, -0.15) is 0 Å². The predicted molar refractivity (Wildman–Crippen MR) is 172 cm³/mol. The van der Waals surface area contributed by atoms with Crippen LogP contribution >= 0.6 is 22.7 Å². The van der Waals surface area contributed by atoms with E-state index in [4.69, 9.17) is 24.6 Å². The predicted octanol–water partition coefficient (Wildman–Crippen LogP) is 6.16. The standard InChI is InChI=1S/C31H39N5O6S2/c1-19-22(16-24(44-19)26(32)34-28(38)41-30(2,3)4)27-33-23(18-43-27)20-9-8-10-21(15-20)40-17-25(37)35-11-13-36(14-12-35)29(39)42-31(5,6)7/h8-10,15-16,18H,11-14,17H2,1-7H3,(H2,32,34,38). The fraction of sp³-hybridized carbons (Fsp3) is 0.452. The molecule has 3 heterocycles. The molecule has 11 nitrogen and oxygen atoms in total. The van der Waals surface area contributed by atoms with Gasteiger partial charge < -0.3 is 24.0 Å². The molecule has 1 aliphatic rings. The zero-order valence-electron chi connectivity index (χ0n) is 26.1. The Balaban J connectivity index is 1.34. The fourth-order valence-electron chi connectivity index (χ4n) is 4.26. The SMILES string of the molecule is Cc1sc(C(=N)NC(=O)OC(C)(C)C)cc1-c1nc(-c2cccc(OCC(=O)N3CCN(C(=O)OC(C)(C)C)CC3)c2)cs1. The average Bonchev–Trinajstić information content (AvgIpc) is 3.57. The summed E-state index contributed by atoms with van der Waals surface area (Å²) in [6, 6.07) is 9.27. The molecule has 0 saturated carbocycles. The molecular formula is C31H39N5O6S2. The molecule has 0 unspecified atom stereocenters. The first kappa shape index (κ1) is 32.9. The van der Waals surface area contributed by atoms with Crippen LogP contribution in [0.1, 0.15) is 51.3 Å². The average molecular weight is 642 g/mol. The molecule has 13 heteroatoms. The summed E-state index contributed by atoms with van der Waals surface area (Å²) in [6.07, 6.45) is -1.04. The van der Waals surface area contributed by atoms with Crippen molar-refractivity contribution in [2.45, 2.75) is 59.7 Å². The first-order valence-electron chi connectivity index (χ1n) is 14.2. The van der Waals surface area contributed by atoms with E-state index < -0.39 is 17.3 Å². The molecule has 44 heavy (non-hydrogen) atoms. The zero-order valence-corrected chi connectivity index (χ0v) is 27.7. The smallest absolute Gasteiger partial charge is 0.413 e. The van der Waals surface area contributed by atoms with E-state index in [2.05, 4.69) is 5.32 Å². The Bertz CT molecular complexity index is 1530. The number of nitrogens with one attached hydrogen (secondary N) is 2. The number of hydrogen-bond acceptors (Lipinski definition) is 10. The quantitative estimate of drug-likeness (QED) is 0.243. The van der Waals surface area contributed by atoms with Crippen LogP contribution in [0.4, 0.5) is 9.59 Å². The molecule has 236 valence electrons. The van der Waals surface area contributed by atoms with Crippen LogP contribution in [0.15, 0.2) is 35.7 Å². The molecule has 3 amide bonds. The van der Waals surface area contributed by atoms with Crippen LogP contribution in [0.2, 0.25) is 0 Å². The molecule has 0 spiro atoms. The Morgan fingerprint density at radius 1 is 0.977 bits per heavy atom. The summed E-state index contributed by atoms with van der Waals surface area (Å²) in [5.41, 5.74) is 1.27. The molecule has 3 aromatic rings. The van der Waals surface area contributed by atoms with Crippen molar-refractivity contribution in [3.8, 4) is 27.6 Å². The molecule has 0 bridgehead atoms. The first-order valence-corrected chi connectivity index (χ1v) is 15.9. The van der Waals surface area contributed by atoms with Crippen molar-refractivity contribution in [3.05, 3.63) is 45.5 Å². The minimum Gasteiger partial charge on any atom is -0.484 e. The highest BCUT2D eigenvalue weighted by molar-refractivity contribution is 7.16. The number of alkyl carbamates (subject to hydrolysis) is 1. The van der Waals surface area contributed by atoms with Crippen LogP contribution in [0.5, 0.6) is 5.75 Å². The molecular weight excluding hydrogens is 603 g/mol. The third-order valence-electron chi connectivity index (χ3n) is 6.30. The van der Waals surface area contributed by atoms with E-state index in [1.54, 1.807) is 36.6 Å². The number of piperazine rings is 1. The molecule has 1 saturated heterocycles. The molecule has 1 aliphatic heterocycles. The number of benzene rings is 1. The van der Waals surface area contributed by atoms with Gasteiger partial charge in [0.05, 0.1) is 10.6 Å². The fourth-order valence-corrected chi connectivity index (χ4v) is 6.15. The number of rotatable bonds is 6. The molecule has 1 aromatic carbocycles. The number of hydrogen-bond donors (Lipinski definition) is 2. The van der Waals surface area contributed by atoms with Gasteiger partial charge in [0, 0.05) is 47.6 Å². The van der Waals surface area contributed by atoms with Crippen molar-refractivity contribution < 1.29 is 28.6 Å². The Hall–Kier alpha value is -3.97. The van der Waals surface area contributed by atoms with Gasteiger partial charge in [0.15, 0.2) is 6.61 Å². The van der Waals surface area contributed by atoms with Gasteiger partial charge in [-0.25, -0.2) is 14.6 Å². The summed E-state index contributed by atoms with van der Waals surface area (Å²) in [7, 11) is 0. The van der Waals surface area contributed by atoms with Crippen LogP contribution in [0.25, 0.3) is 21.8 Å². The van der Waals surface area contributed by atoms with Gasteiger partial charge >= 0.3 is 12.2 Å². The minimum atomic E-state index is -0.670. The Morgan fingerprint density at radius 2 is 1.64 bits per heavy atom. The van der Waals surface area contributed by atoms with E-state index in [1.165, 1.54) is 22.7 Å². The van der Waals surface area contributed by atoms with Gasteiger partial charge in [0.1, 0.15) is 27.8 Å². The van der Waals surface area contributed by atoms with E-state index in [0.717, 1.165) is 26.7 Å². The monoisotopic (exact) mass is 641 g/mol. The second kappa shape index (κ2) is 13.3. The van der Waals surface area contributed by atoms with Crippen molar-refractivity contribution in [2.24, 2.45) is 0 Å². The minimum absolute atomic E-state index is 0.0281. The van der Waals surface area contributed by atoms with Gasteiger partial charge in [-0.05, 0) is 66.7 Å². The number of aromatic nitrogens is 1. The molecule has 4 rings (SSSR count). The summed E-state index contributed by atoms with van der Waals surface area (Å²) in [5, 5.41) is 13.5. The van der Waals surface area contributed by atoms with E-state index in [0.29, 0.717) is 36.8 Å². The van der Waals surface area contributed by atoms with Crippen molar-refractivity contribution in [2.75, 3.05) is 32.8 Å². The van der Waals surface area contributed by atoms with Crippen molar-refractivity contribution in [1.29, 1.82) is 5.41 Å². The largest absolute Gasteiger partial charge is 0.484 e. The third-order valence-corrected chi connectivity index (χ3v) is 8.24. The maximum Gasteiger partial charge on any atom is 0.413 e. The Morgan fingerprint density at radius 3 is 2.30 bits per heavy atom. The molecule has 2 aromatic heterocycles. The summed E-state index contributed by atoms with van der Waals surface area (Å²) in [5.74, 6) is 0.374. The van der Waals surface area contributed by atoms with Crippen LogP contribution in [0, 0.1) is 12.3 Å². The van der Waals surface area contributed by atoms with Crippen LogP contribution in [0.3, 0.4) is 0 Å². The topological polar surface area (TPSA) is 134 Å². The number of aryl methyl sites for hydroxylation is 1. The van der Waals surface area contributed by atoms with Crippen molar-refractivity contribution >= 4 is 46.6 Å². The number of thiophene rings is 1. The maximum absolute atomic E-state index is 12.8. The molecule has 2 N–H and O–H groups in total. The highest BCUT2D eigenvalue weighted by Crippen LogP contribution is 2.35. The highest BCUT2D eigenvalue weighted by atomic mass is 32.1. The lowest BCUT2D eigenvalue weighted by Crippen LogP contribution is -2.52. The zero-order chi connectivity index (χ0) is 32.2. The van der Waals surface area contributed by atoms with Gasteiger partial charge in [0.25, 0.3) is 5.91 Å². The van der Waals surface area contributed by atoms with Crippen LogP contribution in [-0.4, -0.2) is 82.7 Å². The van der Waals surface area contributed by atoms with Crippen molar-refractivity contribution in [1.82, 2.24) is 20.1 Å². The van der Waals surface area contributed by atoms with Crippen LogP contribution in [-0.2, 0) is 14.3 Å². The first-order chi connectivity index (χ1) is 20.6. The molecule has 1 fully saturated rings. The molecule has 0 radical (unpaired) electrons. The Labute approximate surface area is 265 Å². The number of nitrogens with zero attached hydrogens (tertiary/aromatic N) is 3. The second-order valence-corrected chi connectivity index (χ2v) is 14.4. The molecule has 0 atom stereocenters. The highest BCUT2D eigenvalue weighted by Gasteiger charge is 2.28. The van der Waals surface area contributed by atoms with E-state index in [9.17, 15) is 14.4 Å². The summed E-state index contributed by atoms with van der Waals surface area (Å²) in [6.45, 7) is 14.3. The number of ether oxygens (including phenoxy) is 3. The number of carbonyl (C=O) groups excluding carboxylic acids is 3. The lowest BCUT2D eigenvalue weighted by atomic mass is 10.1.